The van der Waals surface area contributed by atoms with Crippen molar-refractivity contribution in [3.63, 3.8) is 0 Å². The number of piperidine rings is 1. The molecule has 2 aromatic heterocycles. The second-order valence-corrected chi connectivity index (χ2v) is 7.10. The number of rotatable bonds is 1. The largest absolute Gasteiger partial charge is 0.378 e. The molecule has 0 N–H and O–H groups in total. The zero-order valence-corrected chi connectivity index (χ0v) is 13.6. The summed E-state index contributed by atoms with van der Waals surface area (Å²) in [6.45, 7) is 5.12. The van der Waals surface area contributed by atoms with Crippen molar-refractivity contribution >= 4 is 27.5 Å². The molecule has 7 heteroatoms. The van der Waals surface area contributed by atoms with Crippen LogP contribution >= 0.6 is 15.9 Å². The van der Waals surface area contributed by atoms with E-state index in [0.717, 1.165) is 35.8 Å². The fourth-order valence-corrected chi connectivity index (χ4v) is 3.96. The molecule has 2 saturated heterocycles. The zero-order chi connectivity index (χ0) is 14.4. The molecular formula is C14H18BrN5O. The summed E-state index contributed by atoms with van der Waals surface area (Å²) in [7, 11) is 0. The Morgan fingerprint density at radius 3 is 2.90 bits per heavy atom. The summed E-state index contributed by atoms with van der Waals surface area (Å²) < 4.78 is 8.62. The molecule has 0 bridgehead atoms. The summed E-state index contributed by atoms with van der Waals surface area (Å²) in [4.78, 5) is 6.89. The average Bonchev–Trinajstić information content (AvgIpc) is 3.09. The van der Waals surface area contributed by atoms with E-state index in [1.165, 1.54) is 19.3 Å². The summed E-state index contributed by atoms with van der Waals surface area (Å²) in [5.41, 5.74) is 1.20. The van der Waals surface area contributed by atoms with Crippen molar-refractivity contribution in [3.8, 4) is 0 Å². The van der Waals surface area contributed by atoms with Gasteiger partial charge in [0.15, 0.2) is 5.65 Å². The fourth-order valence-electron chi connectivity index (χ4n) is 3.59. The van der Waals surface area contributed by atoms with Gasteiger partial charge in [0.1, 0.15) is 6.33 Å². The number of halogens is 1. The summed E-state index contributed by atoms with van der Waals surface area (Å²) >= 11 is 3.47. The molecule has 4 heterocycles. The number of aromatic nitrogens is 4. The standard InChI is InChI=1S/C14H18BrN5O/c1-10-6-14(8-21-10)2-4-19(5-3-14)13-16-7-11(15)12-18-17-9-20(12)13/h7,9-10H,2-6,8H2,1H3/t10-/m0/s1. The molecular weight excluding hydrogens is 334 g/mol. The molecule has 2 aliphatic heterocycles. The highest BCUT2D eigenvalue weighted by atomic mass is 79.9. The van der Waals surface area contributed by atoms with Crippen molar-refractivity contribution in [1.82, 2.24) is 19.6 Å². The first-order chi connectivity index (χ1) is 10.2. The maximum atomic E-state index is 5.80. The lowest BCUT2D eigenvalue weighted by Gasteiger charge is -2.38. The van der Waals surface area contributed by atoms with Crippen molar-refractivity contribution in [1.29, 1.82) is 0 Å². The van der Waals surface area contributed by atoms with Crippen molar-refractivity contribution in [3.05, 3.63) is 17.0 Å². The van der Waals surface area contributed by atoms with Crippen LogP contribution in [0, 0.1) is 5.41 Å². The van der Waals surface area contributed by atoms with Gasteiger partial charge in [-0.2, -0.15) is 0 Å². The monoisotopic (exact) mass is 351 g/mol. The van der Waals surface area contributed by atoms with E-state index in [9.17, 15) is 0 Å². The molecule has 1 atom stereocenters. The van der Waals surface area contributed by atoms with E-state index in [-0.39, 0.29) is 0 Å². The van der Waals surface area contributed by atoms with Gasteiger partial charge in [-0.1, -0.05) is 0 Å². The topological polar surface area (TPSA) is 55.6 Å². The van der Waals surface area contributed by atoms with Crippen molar-refractivity contribution in [2.75, 3.05) is 24.6 Å². The van der Waals surface area contributed by atoms with Crippen molar-refractivity contribution in [2.24, 2.45) is 5.41 Å². The first-order valence-corrected chi connectivity index (χ1v) is 8.17. The second-order valence-electron chi connectivity index (χ2n) is 6.24. The maximum absolute atomic E-state index is 5.80. The van der Waals surface area contributed by atoms with Gasteiger partial charge in [0.25, 0.3) is 0 Å². The lowest BCUT2D eigenvalue weighted by atomic mass is 9.77. The smallest absolute Gasteiger partial charge is 0.212 e. The number of hydrogen-bond donors (Lipinski definition) is 0. The van der Waals surface area contributed by atoms with Gasteiger partial charge in [-0.15, -0.1) is 10.2 Å². The van der Waals surface area contributed by atoms with Crippen LogP contribution in [-0.4, -0.2) is 45.4 Å². The lowest BCUT2D eigenvalue weighted by molar-refractivity contribution is 0.0975. The van der Waals surface area contributed by atoms with E-state index < -0.39 is 0 Å². The molecule has 0 radical (unpaired) electrons. The van der Waals surface area contributed by atoms with Crippen molar-refractivity contribution < 1.29 is 4.74 Å². The highest BCUT2D eigenvalue weighted by Crippen LogP contribution is 2.42. The van der Waals surface area contributed by atoms with Crippen LogP contribution in [0.25, 0.3) is 5.65 Å². The Hall–Kier alpha value is -1.21. The van der Waals surface area contributed by atoms with E-state index in [4.69, 9.17) is 4.74 Å². The van der Waals surface area contributed by atoms with Gasteiger partial charge in [0, 0.05) is 19.3 Å². The third-order valence-electron chi connectivity index (χ3n) is 4.77. The Labute approximate surface area is 131 Å². The van der Waals surface area contributed by atoms with Gasteiger partial charge < -0.3 is 9.64 Å². The Kier molecular flexibility index (Phi) is 3.15. The zero-order valence-electron chi connectivity index (χ0n) is 12.0. The van der Waals surface area contributed by atoms with Gasteiger partial charge >= 0.3 is 0 Å². The number of nitrogens with zero attached hydrogens (tertiary/aromatic N) is 5. The van der Waals surface area contributed by atoms with Crippen LogP contribution in [0.4, 0.5) is 5.95 Å². The average molecular weight is 352 g/mol. The molecule has 2 aliphatic rings. The molecule has 2 fully saturated rings. The van der Waals surface area contributed by atoms with E-state index in [0.29, 0.717) is 11.5 Å². The minimum Gasteiger partial charge on any atom is -0.378 e. The van der Waals surface area contributed by atoms with Crippen LogP contribution in [-0.2, 0) is 4.74 Å². The molecule has 0 amide bonds. The van der Waals surface area contributed by atoms with Gasteiger partial charge in [-0.25, -0.2) is 9.38 Å². The molecule has 1 spiro atoms. The Balaban J connectivity index is 1.58. The van der Waals surface area contributed by atoms with Crippen LogP contribution in [0.15, 0.2) is 17.0 Å². The van der Waals surface area contributed by atoms with Crippen LogP contribution in [0.5, 0.6) is 0 Å². The van der Waals surface area contributed by atoms with E-state index >= 15 is 0 Å². The molecule has 0 aromatic carbocycles. The molecule has 21 heavy (non-hydrogen) atoms. The van der Waals surface area contributed by atoms with Gasteiger partial charge in [-0.05, 0) is 47.5 Å². The van der Waals surface area contributed by atoms with Crippen molar-refractivity contribution in [2.45, 2.75) is 32.3 Å². The minimum absolute atomic E-state index is 0.386. The Morgan fingerprint density at radius 2 is 2.19 bits per heavy atom. The second kappa shape index (κ2) is 4.91. The fraction of sp³-hybridized carbons (Fsp3) is 0.643. The first-order valence-electron chi connectivity index (χ1n) is 7.38. The van der Waals surface area contributed by atoms with Gasteiger partial charge in [0.2, 0.25) is 5.95 Å². The summed E-state index contributed by atoms with van der Waals surface area (Å²) in [6, 6.07) is 0. The van der Waals surface area contributed by atoms with E-state index in [1.807, 2.05) is 10.6 Å². The van der Waals surface area contributed by atoms with Gasteiger partial charge in [0.05, 0.1) is 17.2 Å². The number of fused-ring (bicyclic) bond motifs is 1. The van der Waals surface area contributed by atoms with Crippen LogP contribution < -0.4 is 4.90 Å². The highest BCUT2D eigenvalue weighted by molar-refractivity contribution is 9.10. The molecule has 112 valence electrons. The molecule has 0 unspecified atom stereocenters. The molecule has 0 aliphatic carbocycles. The maximum Gasteiger partial charge on any atom is 0.212 e. The summed E-state index contributed by atoms with van der Waals surface area (Å²) in [5.74, 6) is 0.931. The Bertz CT molecular complexity index is 664. The predicted octanol–water partition coefficient (Wildman–Crippen LogP) is 2.28. The molecule has 6 nitrogen and oxygen atoms in total. The third-order valence-corrected chi connectivity index (χ3v) is 5.33. The summed E-state index contributed by atoms with van der Waals surface area (Å²) in [5, 5.41) is 8.13. The van der Waals surface area contributed by atoms with Crippen LogP contribution in [0.2, 0.25) is 0 Å². The normalized spacial score (nSPS) is 25.0. The lowest BCUT2D eigenvalue weighted by Crippen LogP contribution is -2.41. The quantitative estimate of drug-likeness (QED) is 0.788. The summed E-state index contributed by atoms with van der Waals surface area (Å²) in [6.07, 6.45) is 7.47. The molecule has 2 aromatic rings. The predicted molar refractivity (Wildman–Crippen MR) is 82.4 cm³/mol. The molecule has 0 saturated carbocycles. The van der Waals surface area contributed by atoms with E-state index in [2.05, 4.69) is 42.9 Å². The van der Waals surface area contributed by atoms with Gasteiger partial charge in [-0.3, -0.25) is 0 Å². The minimum atomic E-state index is 0.386. The number of hydrogen-bond acceptors (Lipinski definition) is 5. The number of ether oxygens (including phenoxy) is 1. The van der Waals surface area contributed by atoms with Crippen LogP contribution in [0.3, 0.4) is 0 Å². The molecule has 4 rings (SSSR count). The van der Waals surface area contributed by atoms with Crippen LogP contribution in [0.1, 0.15) is 26.2 Å². The first kappa shape index (κ1) is 13.5. The Morgan fingerprint density at radius 1 is 1.38 bits per heavy atom. The number of anilines is 1. The third kappa shape index (κ3) is 2.23. The SMILES string of the molecule is C[C@H]1CC2(CCN(c3ncc(Br)c4nncn34)CC2)CO1. The highest BCUT2D eigenvalue weighted by Gasteiger charge is 2.41. The van der Waals surface area contributed by atoms with E-state index in [1.54, 1.807) is 6.33 Å².